The molecule has 1 fully saturated rings. The first-order chi connectivity index (χ1) is 8.74. The van der Waals surface area contributed by atoms with Crippen molar-refractivity contribution < 1.29 is 0 Å². The number of nitrogens with two attached hydrogens (primary N) is 1. The Morgan fingerprint density at radius 1 is 1.50 bits per heavy atom. The standard InChI is InChI=1S/C12H19BrN4O/c13-10-11(15-8-16-12(10)18)17(7-3-6-14)9-4-1-2-5-9/h8-9H,1-7,14H2,(H,15,16,18). The Hall–Kier alpha value is -0.880. The van der Waals surface area contributed by atoms with Crippen LogP contribution < -0.4 is 16.2 Å². The van der Waals surface area contributed by atoms with Gasteiger partial charge in [0, 0.05) is 12.6 Å². The van der Waals surface area contributed by atoms with Crippen LogP contribution in [0.3, 0.4) is 0 Å². The molecule has 1 aliphatic rings. The summed E-state index contributed by atoms with van der Waals surface area (Å²) in [5.74, 6) is 0.749. The van der Waals surface area contributed by atoms with Gasteiger partial charge in [-0.05, 0) is 41.7 Å². The van der Waals surface area contributed by atoms with Crippen molar-refractivity contribution >= 4 is 21.7 Å². The second-order valence-corrected chi connectivity index (χ2v) is 5.44. The molecule has 1 aromatic rings. The SMILES string of the molecule is NCCCN(c1nc[nH]c(=O)c1Br)C1CCCC1. The summed E-state index contributed by atoms with van der Waals surface area (Å²) < 4.78 is 0.522. The second-order valence-electron chi connectivity index (χ2n) is 4.64. The van der Waals surface area contributed by atoms with Crippen LogP contribution in [0.25, 0.3) is 0 Å². The minimum absolute atomic E-state index is 0.129. The van der Waals surface area contributed by atoms with Crippen molar-refractivity contribution in [2.45, 2.75) is 38.1 Å². The summed E-state index contributed by atoms with van der Waals surface area (Å²) in [6.45, 7) is 1.51. The monoisotopic (exact) mass is 314 g/mol. The van der Waals surface area contributed by atoms with Crippen molar-refractivity contribution in [1.82, 2.24) is 9.97 Å². The van der Waals surface area contributed by atoms with E-state index in [1.165, 1.54) is 32.0 Å². The van der Waals surface area contributed by atoms with Crippen molar-refractivity contribution in [1.29, 1.82) is 0 Å². The molecule has 3 N–H and O–H groups in total. The molecule has 6 heteroatoms. The molecule has 0 spiro atoms. The van der Waals surface area contributed by atoms with E-state index in [-0.39, 0.29) is 5.56 Å². The Bertz CT molecular complexity index is 442. The van der Waals surface area contributed by atoms with Gasteiger partial charge in [-0.2, -0.15) is 0 Å². The van der Waals surface area contributed by atoms with E-state index >= 15 is 0 Å². The van der Waals surface area contributed by atoms with Gasteiger partial charge in [0.2, 0.25) is 0 Å². The number of rotatable bonds is 5. The third-order valence-electron chi connectivity index (χ3n) is 3.42. The number of H-pyrrole nitrogens is 1. The molecule has 1 saturated carbocycles. The van der Waals surface area contributed by atoms with Crippen molar-refractivity contribution in [3.63, 3.8) is 0 Å². The van der Waals surface area contributed by atoms with E-state index in [4.69, 9.17) is 5.73 Å². The molecule has 0 aliphatic heterocycles. The van der Waals surface area contributed by atoms with E-state index in [2.05, 4.69) is 30.8 Å². The molecule has 1 heterocycles. The number of halogens is 1. The summed E-state index contributed by atoms with van der Waals surface area (Å²) in [6, 6.07) is 0.488. The molecule has 18 heavy (non-hydrogen) atoms. The predicted octanol–water partition coefficient (Wildman–Crippen LogP) is 1.63. The minimum atomic E-state index is -0.129. The molecule has 0 saturated heterocycles. The number of hydrogen-bond acceptors (Lipinski definition) is 4. The number of aromatic amines is 1. The van der Waals surface area contributed by atoms with Gasteiger partial charge in [-0.25, -0.2) is 4.98 Å². The molecule has 0 unspecified atom stereocenters. The molecule has 0 atom stereocenters. The van der Waals surface area contributed by atoms with Crippen molar-refractivity contribution in [2.24, 2.45) is 5.73 Å². The molecule has 5 nitrogen and oxygen atoms in total. The van der Waals surface area contributed by atoms with Gasteiger partial charge in [-0.1, -0.05) is 12.8 Å². The highest BCUT2D eigenvalue weighted by Gasteiger charge is 2.25. The Labute approximate surface area is 115 Å². The largest absolute Gasteiger partial charge is 0.352 e. The molecular weight excluding hydrogens is 296 g/mol. The quantitative estimate of drug-likeness (QED) is 0.866. The van der Waals surface area contributed by atoms with Gasteiger partial charge < -0.3 is 15.6 Å². The minimum Gasteiger partial charge on any atom is -0.352 e. The van der Waals surface area contributed by atoms with E-state index in [9.17, 15) is 4.79 Å². The van der Waals surface area contributed by atoms with Gasteiger partial charge in [0.15, 0.2) is 5.82 Å². The lowest BCUT2D eigenvalue weighted by Gasteiger charge is -2.30. The highest BCUT2D eigenvalue weighted by Crippen LogP contribution is 2.29. The van der Waals surface area contributed by atoms with Crippen molar-refractivity contribution in [3.8, 4) is 0 Å². The fourth-order valence-corrected chi connectivity index (χ4v) is 2.96. The van der Waals surface area contributed by atoms with Crippen LogP contribution in [-0.2, 0) is 0 Å². The maximum Gasteiger partial charge on any atom is 0.267 e. The highest BCUT2D eigenvalue weighted by atomic mass is 79.9. The van der Waals surface area contributed by atoms with E-state index in [0.717, 1.165) is 18.8 Å². The second kappa shape index (κ2) is 6.33. The molecule has 0 radical (unpaired) electrons. The summed E-state index contributed by atoms with van der Waals surface area (Å²) in [5.41, 5.74) is 5.47. The first-order valence-electron chi connectivity index (χ1n) is 6.44. The van der Waals surface area contributed by atoms with Gasteiger partial charge >= 0.3 is 0 Å². The molecule has 1 aliphatic carbocycles. The summed E-state index contributed by atoms with van der Waals surface area (Å²) in [4.78, 5) is 20.8. The first kappa shape index (κ1) is 13.5. The Balaban J connectivity index is 2.26. The van der Waals surface area contributed by atoms with Gasteiger partial charge in [-0.15, -0.1) is 0 Å². The average Bonchev–Trinajstić information content (AvgIpc) is 2.88. The van der Waals surface area contributed by atoms with Crippen LogP contribution in [0, 0.1) is 0 Å². The van der Waals surface area contributed by atoms with Crippen molar-refractivity contribution in [3.05, 3.63) is 21.2 Å². The highest BCUT2D eigenvalue weighted by molar-refractivity contribution is 9.10. The maximum atomic E-state index is 11.6. The first-order valence-corrected chi connectivity index (χ1v) is 7.23. The normalized spacial score (nSPS) is 16.1. The summed E-state index contributed by atoms with van der Waals surface area (Å²) in [5, 5.41) is 0. The summed E-state index contributed by atoms with van der Waals surface area (Å²) in [6.07, 6.45) is 7.23. The maximum absolute atomic E-state index is 11.6. The lowest BCUT2D eigenvalue weighted by atomic mass is 10.2. The van der Waals surface area contributed by atoms with E-state index < -0.39 is 0 Å². The lowest BCUT2D eigenvalue weighted by Crippen LogP contribution is -2.37. The molecule has 100 valence electrons. The van der Waals surface area contributed by atoms with Crippen LogP contribution in [0.5, 0.6) is 0 Å². The zero-order valence-electron chi connectivity index (χ0n) is 10.4. The number of nitrogens with zero attached hydrogens (tertiary/aromatic N) is 2. The van der Waals surface area contributed by atoms with E-state index in [1.54, 1.807) is 0 Å². The van der Waals surface area contributed by atoms with E-state index in [1.807, 2.05) is 0 Å². The number of nitrogens with one attached hydrogen (secondary N) is 1. The third kappa shape index (κ3) is 2.92. The van der Waals surface area contributed by atoms with Crippen LogP contribution in [-0.4, -0.2) is 29.1 Å². The summed E-state index contributed by atoms with van der Waals surface area (Å²) in [7, 11) is 0. The zero-order valence-corrected chi connectivity index (χ0v) is 11.9. The number of aromatic nitrogens is 2. The topological polar surface area (TPSA) is 75.0 Å². The van der Waals surface area contributed by atoms with Crippen LogP contribution >= 0.6 is 15.9 Å². The molecule has 0 bridgehead atoms. The van der Waals surface area contributed by atoms with Crippen LogP contribution in [0.15, 0.2) is 15.6 Å². The van der Waals surface area contributed by atoms with Gasteiger partial charge in [-0.3, -0.25) is 4.79 Å². The van der Waals surface area contributed by atoms with Gasteiger partial charge in [0.1, 0.15) is 4.47 Å². The van der Waals surface area contributed by atoms with E-state index in [0.29, 0.717) is 17.1 Å². The fourth-order valence-electron chi connectivity index (χ4n) is 2.51. The Morgan fingerprint density at radius 3 is 2.89 bits per heavy atom. The lowest BCUT2D eigenvalue weighted by molar-refractivity contribution is 0.585. The van der Waals surface area contributed by atoms with Crippen LogP contribution in [0.2, 0.25) is 0 Å². The fraction of sp³-hybridized carbons (Fsp3) is 0.667. The number of anilines is 1. The molecule has 2 rings (SSSR count). The Kier molecular flexibility index (Phi) is 4.77. The molecular formula is C12H19BrN4O. The smallest absolute Gasteiger partial charge is 0.267 e. The molecule has 1 aromatic heterocycles. The molecule has 0 amide bonds. The number of hydrogen-bond donors (Lipinski definition) is 2. The van der Waals surface area contributed by atoms with Gasteiger partial charge in [0.25, 0.3) is 5.56 Å². The van der Waals surface area contributed by atoms with Crippen molar-refractivity contribution in [2.75, 3.05) is 18.0 Å². The average molecular weight is 315 g/mol. The zero-order chi connectivity index (χ0) is 13.0. The van der Waals surface area contributed by atoms with Crippen LogP contribution in [0.1, 0.15) is 32.1 Å². The van der Waals surface area contributed by atoms with Crippen LogP contribution in [0.4, 0.5) is 5.82 Å². The third-order valence-corrected chi connectivity index (χ3v) is 4.13. The summed E-state index contributed by atoms with van der Waals surface area (Å²) >= 11 is 3.34. The Morgan fingerprint density at radius 2 is 2.22 bits per heavy atom. The predicted molar refractivity (Wildman–Crippen MR) is 75.8 cm³/mol. The molecule has 0 aromatic carbocycles. The van der Waals surface area contributed by atoms with Gasteiger partial charge in [0.05, 0.1) is 6.33 Å².